The molecule has 0 bridgehead atoms. The highest BCUT2D eigenvalue weighted by Crippen LogP contribution is 2.29. The van der Waals surface area contributed by atoms with Crippen molar-refractivity contribution in [1.82, 2.24) is 4.90 Å². The predicted molar refractivity (Wildman–Crippen MR) is 112 cm³/mol. The van der Waals surface area contributed by atoms with E-state index < -0.39 is 5.25 Å². The maximum absolute atomic E-state index is 12.6. The SMILES string of the molecule is COc1ccc(NC(=O)[C@H]2CC(=O)N(C)C(=Nc3ccc(Br)cc3)S2)cc1. The third-order valence-corrected chi connectivity index (χ3v) is 5.74. The number of ether oxygens (including phenoxy) is 1. The summed E-state index contributed by atoms with van der Waals surface area (Å²) >= 11 is 4.67. The first-order valence-corrected chi connectivity index (χ1v) is 9.86. The van der Waals surface area contributed by atoms with Crippen molar-refractivity contribution in [3.63, 3.8) is 0 Å². The van der Waals surface area contributed by atoms with Crippen LogP contribution in [0.5, 0.6) is 5.75 Å². The Labute approximate surface area is 170 Å². The van der Waals surface area contributed by atoms with E-state index in [4.69, 9.17) is 4.74 Å². The Morgan fingerprint density at radius 1 is 1.22 bits per heavy atom. The summed E-state index contributed by atoms with van der Waals surface area (Å²) in [5.74, 6) is 0.343. The summed E-state index contributed by atoms with van der Waals surface area (Å²) in [6.07, 6.45) is 0.127. The lowest BCUT2D eigenvalue weighted by molar-refractivity contribution is -0.128. The van der Waals surface area contributed by atoms with Gasteiger partial charge in [0.15, 0.2) is 5.17 Å². The van der Waals surface area contributed by atoms with Crippen LogP contribution in [0.2, 0.25) is 0 Å². The number of rotatable bonds is 4. The molecule has 0 aliphatic carbocycles. The number of hydrogen-bond donors (Lipinski definition) is 1. The zero-order chi connectivity index (χ0) is 19.4. The predicted octanol–water partition coefficient (Wildman–Crippen LogP) is 4.05. The summed E-state index contributed by atoms with van der Waals surface area (Å²) in [7, 11) is 3.26. The number of anilines is 1. The number of carbonyl (C=O) groups is 2. The first-order chi connectivity index (χ1) is 13.0. The van der Waals surface area contributed by atoms with Crippen LogP contribution in [0.1, 0.15) is 6.42 Å². The second kappa shape index (κ2) is 8.58. The number of carbonyl (C=O) groups excluding carboxylic acids is 2. The molecule has 1 atom stereocenters. The minimum absolute atomic E-state index is 0.127. The van der Waals surface area contributed by atoms with E-state index >= 15 is 0 Å². The molecule has 2 aromatic rings. The summed E-state index contributed by atoms with van der Waals surface area (Å²) in [6.45, 7) is 0. The van der Waals surface area contributed by atoms with Gasteiger partial charge >= 0.3 is 0 Å². The van der Waals surface area contributed by atoms with E-state index in [1.807, 2.05) is 24.3 Å². The quantitative estimate of drug-likeness (QED) is 0.767. The molecule has 0 unspecified atom stereocenters. The van der Waals surface area contributed by atoms with E-state index in [1.165, 1.54) is 16.7 Å². The van der Waals surface area contributed by atoms with Crippen molar-refractivity contribution in [3.05, 3.63) is 53.0 Å². The zero-order valence-corrected chi connectivity index (χ0v) is 17.2. The monoisotopic (exact) mass is 447 g/mol. The van der Waals surface area contributed by atoms with Crippen molar-refractivity contribution in [2.45, 2.75) is 11.7 Å². The van der Waals surface area contributed by atoms with Gasteiger partial charge in [0.25, 0.3) is 0 Å². The van der Waals surface area contributed by atoms with Crippen LogP contribution in [0.3, 0.4) is 0 Å². The van der Waals surface area contributed by atoms with Crippen molar-refractivity contribution >= 4 is 56.0 Å². The van der Waals surface area contributed by atoms with Crippen molar-refractivity contribution in [1.29, 1.82) is 0 Å². The molecule has 0 aromatic heterocycles. The molecule has 0 spiro atoms. The Balaban J connectivity index is 1.74. The van der Waals surface area contributed by atoms with Gasteiger partial charge in [0.2, 0.25) is 11.8 Å². The highest BCUT2D eigenvalue weighted by Gasteiger charge is 2.34. The normalized spacial score (nSPS) is 18.5. The van der Waals surface area contributed by atoms with Gasteiger partial charge in [0.1, 0.15) is 11.0 Å². The van der Waals surface area contributed by atoms with Crippen molar-refractivity contribution in [2.24, 2.45) is 4.99 Å². The summed E-state index contributed by atoms with van der Waals surface area (Å²) in [5, 5.41) is 2.81. The van der Waals surface area contributed by atoms with Gasteiger partial charge in [-0.15, -0.1) is 0 Å². The maximum atomic E-state index is 12.6. The zero-order valence-electron chi connectivity index (χ0n) is 14.8. The highest BCUT2D eigenvalue weighted by atomic mass is 79.9. The largest absolute Gasteiger partial charge is 0.497 e. The Hall–Kier alpha value is -2.32. The fourth-order valence-electron chi connectivity index (χ4n) is 2.42. The number of benzene rings is 2. The number of methoxy groups -OCH3 is 1. The molecule has 0 saturated carbocycles. The van der Waals surface area contributed by atoms with Gasteiger partial charge in [-0.3, -0.25) is 14.5 Å². The van der Waals surface area contributed by atoms with Crippen molar-refractivity contribution in [2.75, 3.05) is 19.5 Å². The Bertz CT molecular complexity index is 869. The van der Waals surface area contributed by atoms with Crippen LogP contribution in [0, 0.1) is 0 Å². The number of amides is 2. The number of aliphatic imine (C=N–C) groups is 1. The molecule has 2 aromatic carbocycles. The molecule has 3 rings (SSSR count). The van der Waals surface area contributed by atoms with E-state index in [0.29, 0.717) is 16.6 Å². The lowest BCUT2D eigenvalue weighted by Crippen LogP contribution is -2.43. The number of thioether (sulfide) groups is 1. The summed E-state index contributed by atoms with van der Waals surface area (Å²) in [5.41, 5.74) is 1.37. The van der Waals surface area contributed by atoms with Gasteiger partial charge < -0.3 is 10.1 Å². The van der Waals surface area contributed by atoms with Gasteiger partial charge in [-0.2, -0.15) is 0 Å². The van der Waals surface area contributed by atoms with E-state index in [-0.39, 0.29) is 18.2 Å². The molecular formula is C19H18BrN3O3S. The minimum Gasteiger partial charge on any atom is -0.497 e. The third kappa shape index (κ3) is 4.90. The van der Waals surface area contributed by atoms with E-state index in [2.05, 4.69) is 26.2 Å². The Morgan fingerprint density at radius 3 is 2.52 bits per heavy atom. The fourth-order valence-corrected chi connectivity index (χ4v) is 3.75. The third-order valence-electron chi connectivity index (χ3n) is 3.97. The van der Waals surface area contributed by atoms with Crippen molar-refractivity contribution < 1.29 is 14.3 Å². The molecule has 27 heavy (non-hydrogen) atoms. The molecule has 140 valence electrons. The van der Waals surface area contributed by atoms with Crippen molar-refractivity contribution in [3.8, 4) is 5.75 Å². The molecule has 1 saturated heterocycles. The van der Waals surface area contributed by atoms with Crippen LogP contribution < -0.4 is 10.1 Å². The molecule has 1 heterocycles. The number of nitrogens with one attached hydrogen (secondary N) is 1. The van der Waals surface area contributed by atoms with Gasteiger partial charge in [0, 0.05) is 23.6 Å². The first-order valence-electron chi connectivity index (χ1n) is 8.18. The Kier molecular flexibility index (Phi) is 6.18. The molecule has 1 N–H and O–H groups in total. The second-order valence-electron chi connectivity index (χ2n) is 5.85. The van der Waals surface area contributed by atoms with Gasteiger partial charge in [-0.25, -0.2) is 4.99 Å². The summed E-state index contributed by atoms with van der Waals surface area (Å²) in [6, 6.07) is 14.5. The lowest BCUT2D eigenvalue weighted by atomic mass is 10.2. The van der Waals surface area contributed by atoms with Crippen LogP contribution in [-0.4, -0.2) is 41.3 Å². The number of hydrogen-bond acceptors (Lipinski definition) is 5. The summed E-state index contributed by atoms with van der Waals surface area (Å²) in [4.78, 5) is 31.0. The van der Waals surface area contributed by atoms with Crippen LogP contribution >= 0.6 is 27.7 Å². The molecule has 0 radical (unpaired) electrons. The molecular weight excluding hydrogens is 430 g/mol. The van der Waals surface area contributed by atoms with Crippen LogP contribution in [0.15, 0.2) is 58.0 Å². The molecule has 6 nitrogen and oxygen atoms in total. The van der Waals surface area contributed by atoms with Gasteiger partial charge in [-0.1, -0.05) is 27.7 Å². The average molecular weight is 448 g/mol. The molecule has 8 heteroatoms. The Morgan fingerprint density at radius 2 is 1.89 bits per heavy atom. The molecule has 1 aliphatic rings. The molecule has 1 aliphatic heterocycles. The topological polar surface area (TPSA) is 71.0 Å². The van der Waals surface area contributed by atoms with E-state index in [1.54, 1.807) is 38.4 Å². The smallest absolute Gasteiger partial charge is 0.238 e. The average Bonchev–Trinajstić information content (AvgIpc) is 2.67. The van der Waals surface area contributed by atoms with E-state index in [9.17, 15) is 9.59 Å². The van der Waals surface area contributed by atoms with Crippen LogP contribution in [-0.2, 0) is 9.59 Å². The standard InChI is InChI=1S/C19H18BrN3O3S/c1-23-17(24)11-16(18(25)21-13-7-9-15(26-2)10-8-13)27-19(23)22-14-5-3-12(20)4-6-14/h3-10,16H,11H2,1-2H3,(H,21,25)/t16-/m1/s1. The lowest BCUT2D eigenvalue weighted by Gasteiger charge is -2.28. The summed E-state index contributed by atoms with van der Waals surface area (Å²) < 4.78 is 6.06. The van der Waals surface area contributed by atoms with Gasteiger partial charge in [-0.05, 0) is 48.5 Å². The maximum Gasteiger partial charge on any atom is 0.238 e. The molecule has 1 fully saturated rings. The number of nitrogens with zero attached hydrogens (tertiary/aromatic N) is 2. The number of halogens is 1. The molecule has 2 amide bonds. The van der Waals surface area contributed by atoms with E-state index in [0.717, 1.165) is 10.2 Å². The second-order valence-corrected chi connectivity index (χ2v) is 7.94. The van der Waals surface area contributed by atoms with Crippen LogP contribution in [0.25, 0.3) is 0 Å². The van der Waals surface area contributed by atoms with Gasteiger partial charge in [0.05, 0.1) is 12.8 Å². The number of amidine groups is 1. The fraction of sp³-hybridized carbons (Fsp3) is 0.211. The minimum atomic E-state index is -0.537. The first kappa shape index (κ1) is 19.4. The highest BCUT2D eigenvalue weighted by molar-refractivity contribution is 9.10. The van der Waals surface area contributed by atoms with Crippen LogP contribution in [0.4, 0.5) is 11.4 Å².